The summed E-state index contributed by atoms with van der Waals surface area (Å²) in [6.07, 6.45) is 2.68. The van der Waals surface area contributed by atoms with Crippen LogP contribution in [0.2, 0.25) is 0 Å². The molecule has 0 bridgehead atoms. The van der Waals surface area contributed by atoms with Crippen molar-refractivity contribution in [3.63, 3.8) is 0 Å². The SMILES string of the molecule is CCCC1=NC(CC)=C(Oc2ccc3c(c2)OCO3)CN1Cc1ccc(-c2ccccc2-c2noc(=O)[nH]2)cc1. The molecule has 9 heteroatoms. The van der Waals surface area contributed by atoms with Crippen LogP contribution in [0.15, 0.2) is 92.5 Å². The first-order chi connectivity index (χ1) is 19.6. The van der Waals surface area contributed by atoms with E-state index in [4.69, 9.17) is 23.7 Å². The van der Waals surface area contributed by atoms with Crippen LogP contribution in [0.4, 0.5) is 0 Å². The normalized spacial score (nSPS) is 14.4. The number of benzene rings is 3. The predicted molar refractivity (Wildman–Crippen MR) is 151 cm³/mol. The van der Waals surface area contributed by atoms with Crippen molar-refractivity contribution in [1.82, 2.24) is 15.0 Å². The van der Waals surface area contributed by atoms with Crippen molar-refractivity contribution in [1.29, 1.82) is 0 Å². The summed E-state index contributed by atoms with van der Waals surface area (Å²) in [7, 11) is 0. The zero-order chi connectivity index (χ0) is 27.5. The molecule has 40 heavy (non-hydrogen) atoms. The second kappa shape index (κ2) is 11.1. The Labute approximate surface area is 231 Å². The molecule has 3 heterocycles. The molecule has 6 rings (SSSR count). The molecular weight excluding hydrogens is 508 g/mol. The molecule has 0 spiro atoms. The smallest absolute Gasteiger partial charge is 0.439 e. The number of aromatic nitrogens is 2. The van der Waals surface area contributed by atoms with E-state index in [-0.39, 0.29) is 6.79 Å². The summed E-state index contributed by atoms with van der Waals surface area (Å²) in [6, 6.07) is 21.8. The number of hydrogen-bond acceptors (Lipinski definition) is 8. The van der Waals surface area contributed by atoms with Gasteiger partial charge >= 0.3 is 5.76 Å². The highest BCUT2D eigenvalue weighted by Crippen LogP contribution is 2.36. The molecule has 1 aromatic heterocycles. The van der Waals surface area contributed by atoms with Gasteiger partial charge in [-0.15, -0.1) is 0 Å². The van der Waals surface area contributed by atoms with Crippen LogP contribution in [0.5, 0.6) is 17.2 Å². The molecule has 4 aromatic rings. The first-order valence-electron chi connectivity index (χ1n) is 13.5. The van der Waals surface area contributed by atoms with Gasteiger partial charge in [-0.2, -0.15) is 0 Å². The van der Waals surface area contributed by atoms with Crippen LogP contribution in [-0.4, -0.2) is 34.2 Å². The topological polar surface area (TPSA) is 102 Å². The van der Waals surface area contributed by atoms with Crippen molar-refractivity contribution in [2.75, 3.05) is 13.3 Å². The minimum atomic E-state index is -0.576. The lowest BCUT2D eigenvalue weighted by Gasteiger charge is -2.32. The van der Waals surface area contributed by atoms with E-state index < -0.39 is 5.76 Å². The van der Waals surface area contributed by atoms with Crippen molar-refractivity contribution >= 4 is 5.84 Å². The third kappa shape index (κ3) is 5.22. The largest absolute Gasteiger partial charge is 0.458 e. The third-order valence-electron chi connectivity index (χ3n) is 6.94. The average molecular weight is 539 g/mol. The maximum atomic E-state index is 11.5. The molecule has 0 fully saturated rings. The number of ether oxygens (including phenoxy) is 3. The summed E-state index contributed by atoms with van der Waals surface area (Å²) in [5.41, 5.74) is 4.90. The first-order valence-corrected chi connectivity index (χ1v) is 13.5. The average Bonchev–Trinajstić information content (AvgIpc) is 3.63. The maximum absolute atomic E-state index is 11.5. The zero-order valence-electron chi connectivity index (χ0n) is 22.5. The zero-order valence-corrected chi connectivity index (χ0v) is 22.5. The number of amidine groups is 1. The molecule has 3 aromatic carbocycles. The maximum Gasteiger partial charge on any atom is 0.439 e. The van der Waals surface area contributed by atoms with Gasteiger partial charge in [0, 0.05) is 24.6 Å². The lowest BCUT2D eigenvalue weighted by atomic mass is 9.98. The van der Waals surface area contributed by atoms with Gasteiger partial charge in [0.1, 0.15) is 17.3 Å². The second-order valence-electron chi connectivity index (χ2n) is 9.66. The van der Waals surface area contributed by atoms with E-state index in [2.05, 4.69) is 53.2 Å². The first kappa shape index (κ1) is 25.5. The van der Waals surface area contributed by atoms with Crippen molar-refractivity contribution < 1.29 is 18.7 Å². The fourth-order valence-corrected chi connectivity index (χ4v) is 4.98. The van der Waals surface area contributed by atoms with E-state index in [0.717, 1.165) is 64.6 Å². The summed E-state index contributed by atoms with van der Waals surface area (Å²) in [6.45, 7) is 5.82. The minimum Gasteiger partial charge on any atom is -0.458 e. The number of H-pyrrole nitrogens is 1. The van der Waals surface area contributed by atoms with Gasteiger partial charge in [-0.1, -0.05) is 67.5 Å². The number of allylic oxidation sites excluding steroid dienone is 1. The van der Waals surface area contributed by atoms with E-state index in [1.165, 1.54) is 0 Å². The van der Waals surface area contributed by atoms with Gasteiger partial charge in [0.25, 0.3) is 0 Å². The van der Waals surface area contributed by atoms with E-state index >= 15 is 0 Å². The Morgan fingerprint density at radius 3 is 2.52 bits per heavy atom. The number of fused-ring (bicyclic) bond motifs is 1. The Kier molecular flexibility index (Phi) is 7.09. The summed E-state index contributed by atoms with van der Waals surface area (Å²) < 4.78 is 22.1. The highest BCUT2D eigenvalue weighted by molar-refractivity contribution is 5.84. The van der Waals surface area contributed by atoms with Crippen LogP contribution in [0.25, 0.3) is 22.5 Å². The molecule has 9 nitrogen and oxygen atoms in total. The molecule has 2 aliphatic heterocycles. The van der Waals surface area contributed by atoms with Crippen LogP contribution in [0, 0.1) is 0 Å². The Hall–Kier alpha value is -4.79. The molecule has 0 aliphatic carbocycles. The third-order valence-corrected chi connectivity index (χ3v) is 6.94. The Balaban J connectivity index is 1.23. The number of nitrogens with one attached hydrogen (secondary N) is 1. The van der Waals surface area contributed by atoms with Gasteiger partial charge in [-0.25, -0.2) is 9.79 Å². The lowest BCUT2D eigenvalue weighted by molar-refractivity contribution is 0.174. The molecule has 0 radical (unpaired) electrons. The number of nitrogens with zero attached hydrogens (tertiary/aromatic N) is 3. The molecule has 204 valence electrons. The van der Waals surface area contributed by atoms with E-state index in [9.17, 15) is 4.79 Å². The van der Waals surface area contributed by atoms with Gasteiger partial charge in [0.2, 0.25) is 6.79 Å². The minimum absolute atomic E-state index is 0.226. The van der Waals surface area contributed by atoms with Gasteiger partial charge in [0.15, 0.2) is 17.3 Å². The summed E-state index contributed by atoms with van der Waals surface area (Å²) in [5.74, 6) is 3.87. The molecule has 2 aliphatic rings. The Morgan fingerprint density at radius 2 is 1.77 bits per heavy atom. The van der Waals surface area contributed by atoms with Crippen LogP contribution in [0.1, 0.15) is 38.7 Å². The van der Waals surface area contributed by atoms with Crippen LogP contribution in [-0.2, 0) is 6.54 Å². The van der Waals surface area contributed by atoms with Crippen LogP contribution >= 0.6 is 0 Å². The van der Waals surface area contributed by atoms with Crippen LogP contribution in [0.3, 0.4) is 0 Å². The van der Waals surface area contributed by atoms with E-state index in [1.54, 1.807) is 0 Å². The molecule has 0 unspecified atom stereocenters. The van der Waals surface area contributed by atoms with Crippen molar-refractivity contribution in [3.8, 4) is 39.8 Å². The van der Waals surface area contributed by atoms with Crippen molar-refractivity contribution in [2.45, 2.75) is 39.7 Å². The fraction of sp³-hybridized carbons (Fsp3) is 0.258. The second-order valence-corrected chi connectivity index (χ2v) is 9.66. The summed E-state index contributed by atoms with van der Waals surface area (Å²) in [5, 5.41) is 3.87. The van der Waals surface area contributed by atoms with Gasteiger partial charge < -0.3 is 19.1 Å². The van der Waals surface area contributed by atoms with E-state index in [0.29, 0.717) is 30.4 Å². The molecular formula is C31H30N4O5. The quantitative estimate of drug-likeness (QED) is 0.273. The number of aliphatic imine (C=N–C) groups is 1. The van der Waals surface area contributed by atoms with Crippen molar-refractivity contribution in [3.05, 3.63) is 94.3 Å². The molecule has 1 N–H and O–H groups in total. The number of rotatable bonds is 9. The fourth-order valence-electron chi connectivity index (χ4n) is 4.98. The highest BCUT2D eigenvalue weighted by atomic mass is 16.7. The summed E-state index contributed by atoms with van der Waals surface area (Å²) >= 11 is 0. The Morgan fingerprint density at radius 1 is 0.975 bits per heavy atom. The van der Waals surface area contributed by atoms with Gasteiger partial charge in [0.05, 0.1) is 12.2 Å². The molecule has 0 saturated carbocycles. The Bertz CT molecular complexity index is 1630. The monoisotopic (exact) mass is 538 g/mol. The lowest BCUT2D eigenvalue weighted by Crippen LogP contribution is -2.36. The number of hydrogen-bond donors (Lipinski definition) is 1. The van der Waals surface area contributed by atoms with Crippen LogP contribution < -0.4 is 20.0 Å². The standard InChI is InChI=1S/C31H30N4O5/c1-3-7-29-32-25(4-2)28(39-22-14-15-26-27(16-22)38-19-37-26)18-35(29)17-20-10-12-21(13-11-20)23-8-5-6-9-24(23)30-33-31(36)40-34-30/h5-6,8-16H,3-4,7,17-19H2,1-2H3,(H,33,34,36). The summed E-state index contributed by atoms with van der Waals surface area (Å²) in [4.78, 5) is 21.5. The van der Waals surface area contributed by atoms with Gasteiger partial charge in [-0.3, -0.25) is 9.51 Å². The van der Waals surface area contributed by atoms with Gasteiger partial charge in [-0.05, 0) is 41.7 Å². The molecule has 0 atom stereocenters. The number of aromatic amines is 1. The van der Waals surface area contributed by atoms with E-state index in [1.807, 2.05) is 42.5 Å². The molecule has 0 amide bonds. The predicted octanol–water partition coefficient (Wildman–Crippen LogP) is 6.14. The van der Waals surface area contributed by atoms with Crippen molar-refractivity contribution in [2.24, 2.45) is 4.99 Å². The molecule has 0 saturated heterocycles. The highest BCUT2D eigenvalue weighted by Gasteiger charge is 2.24.